The molecule has 0 aliphatic heterocycles. The van der Waals surface area contributed by atoms with Crippen molar-refractivity contribution in [1.29, 1.82) is 0 Å². The minimum absolute atomic E-state index is 0.356. The summed E-state index contributed by atoms with van der Waals surface area (Å²) in [5.41, 5.74) is 1.46. The molecule has 28 heavy (non-hydrogen) atoms. The number of hydrogen-bond acceptors (Lipinski definition) is 5. The fourth-order valence-corrected chi connectivity index (χ4v) is 3.28. The summed E-state index contributed by atoms with van der Waals surface area (Å²) in [5, 5.41) is 2.17. The highest BCUT2D eigenvalue weighted by atomic mass is 32.1. The second kappa shape index (κ2) is 9.43. The summed E-state index contributed by atoms with van der Waals surface area (Å²) >= 11 is 1.54. The third-order valence-electron chi connectivity index (χ3n) is 3.70. The minimum atomic E-state index is -0.682. The van der Waals surface area contributed by atoms with Crippen molar-refractivity contribution in [3.63, 3.8) is 0 Å². The Balaban J connectivity index is 1.47. The number of hydrogen-bond donors (Lipinski definition) is 1. The molecule has 2 aromatic carbocycles. The molecule has 0 atom stereocenters. The second-order valence-electron chi connectivity index (χ2n) is 5.75. The Labute approximate surface area is 166 Å². The van der Waals surface area contributed by atoms with Gasteiger partial charge in [-0.25, -0.2) is 4.79 Å². The van der Waals surface area contributed by atoms with Crippen LogP contribution in [0.2, 0.25) is 0 Å². The number of imide groups is 1. The van der Waals surface area contributed by atoms with Gasteiger partial charge in [0, 0.05) is 21.4 Å². The molecular formula is C22H17NO4S. The Bertz CT molecular complexity index is 994. The predicted octanol–water partition coefficient (Wildman–Crippen LogP) is 3.93. The monoisotopic (exact) mass is 391 g/mol. The molecule has 5 nitrogen and oxygen atoms in total. The molecule has 0 unspecified atom stereocenters. The van der Waals surface area contributed by atoms with E-state index in [-0.39, 0.29) is 0 Å². The third-order valence-corrected chi connectivity index (χ3v) is 4.80. The highest BCUT2D eigenvalue weighted by Crippen LogP contribution is 2.28. The Morgan fingerprint density at radius 1 is 0.893 bits per heavy atom. The van der Waals surface area contributed by atoms with Gasteiger partial charge in [0.25, 0.3) is 11.8 Å². The van der Waals surface area contributed by atoms with Crippen LogP contribution in [0.15, 0.2) is 78.9 Å². The smallest absolute Gasteiger partial charge is 0.331 e. The summed E-state index contributed by atoms with van der Waals surface area (Å²) in [4.78, 5) is 37.3. The largest absolute Gasteiger partial charge is 0.452 e. The van der Waals surface area contributed by atoms with Crippen molar-refractivity contribution in [2.45, 2.75) is 0 Å². The highest BCUT2D eigenvalue weighted by Gasteiger charge is 2.11. The third kappa shape index (κ3) is 5.49. The van der Waals surface area contributed by atoms with Crippen molar-refractivity contribution in [3.8, 4) is 10.4 Å². The number of thiophene rings is 1. The number of carbonyl (C=O) groups is 3. The minimum Gasteiger partial charge on any atom is -0.452 e. The van der Waals surface area contributed by atoms with Crippen molar-refractivity contribution in [3.05, 3.63) is 89.3 Å². The Hall–Kier alpha value is -3.51. The summed E-state index contributed by atoms with van der Waals surface area (Å²) in [6.07, 6.45) is 2.89. The van der Waals surface area contributed by atoms with Crippen LogP contribution in [0, 0.1) is 0 Å². The first kappa shape index (κ1) is 19.3. The van der Waals surface area contributed by atoms with Crippen molar-refractivity contribution in [2.24, 2.45) is 0 Å². The molecule has 0 aliphatic rings. The maximum Gasteiger partial charge on any atom is 0.331 e. The molecule has 0 aliphatic carbocycles. The predicted molar refractivity (Wildman–Crippen MR) is 109 cm³/mol. The maximum absolute atomic E-state index is 11.8. The molecule has 0 saturated carbocycles. The van der Waals surface area contributed by atoms with Crippen LogP contribution in [-0.2, 0) is 14.3 Å². The SMILES string of the molecule is O=C(COC(=O)/C=C/c1ccc(-c2ccccc2)s1)NC(=O)c1ccccc1. The van der Waals surface area contributed by atoms with Gasteiger partial charge in [-0.15, -0.1) is 11.3 Å². The van der Waals surface area contributed by atoms with Crippen molar-refractivity contribution >= 4 is 35.2 Å². The molecule has 140 valence electrons. The fraction of sp³-hybridized carbons (Fsp3) is 0.0455. The molecule has 0 radical (unpaired) electrons. The number of benzene rings is 2. The van der Waals surface area contributed by atoms with E-state index in [9.17, 15) is 14.4 Å². The normalized spacial score (nSPS) is 10.6. The number of carbonyl (C=O) groups excluding carboxylic acids is 3. The second-order valence-corrected chi connectivity index (χ2v) is 6.87. The zero-order valence-electron chi connectivity index (χ0n) is 14.8. The maximum atomic E-state index is 11.8. The van der Waals surface area contributed by atoms with Gasteiger partial charge in [0.15, 0.2) is 6.61 Å². The number of ether oxygens (including phenoxy) is 1. The summed E-state index contributed by atoms with van der Waals surface area (Å²) in [6.45, 7) is -0.526. The van der Waals surface area contributed by atoms with Gasteiger partial charge in [0.1, 0.15) is 0 Å². The summed E-state index contributed by atoms with van der Waals surface area (Å²) in [7, 11) is 0. The molecule has 2 amide bonds. The van der Waals surface area contributed by atoms with Crippen LogP contribution in [0.3, 0.4) is 0 Å². The molecule has 0 bridgehead atoms. The zero-order chi connectivity index (χ0) is 19.8. The molecule has 0 fully saturated rings. The topological polar surface area (TPSA) is 72.5 Å². The van der Waals surface area contributed by atoms with Crippen LogP contribution >= 0.6 is 11.3 Å². The molecule has 1 heterocycles. The van der Waals surface area contributed by atoms with E-state index in [1.54, 1.807) is 36.4 Å². The highest BCUT2D eigenvalue weighted by molar-refractivity contribution is 7.16. The molecule has 1 aromatic heterocycles. The Morgan fingerprint density at radius 2 is 1.57 bits per heavy atom. The van der Waals surface area contributed by atoms with E-state index in [1.807, 2.05) is 42.5 Å². The van der Waals surface area contributed by atoms with Gasteiger partial charge in [-0.1, -0.05) is 48.5 Å². The lowest BCUT2D eigenvalue weighted by atomic mass is 10.2. The van der Waals surface area contributed by atoms with Gasteiger partial charge < -0.3 is 4.74 Å². The van der Waals surface area contributed by atoms with Gasteiger partial charge in [-0.3, -0.25) is 14.9 Å². The van der Waals surface area contributed by atoms with Crippen LogP contribution in [0.1, 0.15) is 15.2 Å². The molecule has 6 heteroatoms. The lowest BCUT2D eigenvalue weighted by Gasteiger charge is -2.04. The molecule has 0 saturated heterocycles. The first-order valence-corrected chi connectivity index (χ1v) is 9.33. The lowest BCUT2D eigenvalue weighted by Crippen LogP contribution is -2.33. The molecule has 0 spiro atoms. The zero-order valence-corrected chi connectivity index (χ0v) is 15.6. The van der Waals surface area contributed by atoms with Gasteiger partial charge in [0.05, 0.1) is 0 Å². The van der Waals surface area contributed by atoms with Crippen LogP contribution in [0.5, 0.6) is 0 Å². The Morgan fingerprint density at radius 3 is 2.29 bits per heavy atom. The van der Waals surface area contributed by atoms with Gasteiger partial charge >= 0.3 is 5.97 Å². The van der Waals surface area contributed by atoms with Crippen LogP contribution in [0.4, 0.5) is 0 Å². The quantitative estimate of drug-likeness (QED) is 0.510. The van der Waals surface area contributed by atoms with E-state index in [0.29, 0.717) is 5.56 Å². The van der Waals surface area contributed by atoms with Crippen LogP contribution < -0.4 is 5.32 Å². The first-order chi connectivity index (χ1) is 13.6. The summed E-state index contributed by atoms with van der Waals surface area (Å²) in [5.74, 6) is -1.88. The number of amides is 2. The van der Waals surface area contributed by atoms with E-state index < -0.39 is 24.4 Å². The van der Waals surface area contributed by atoms with E-state index >= 15 is 0 Å². The number of nitrogens with one attached hydrogen (secondary N) is 1. The van der Waals surface area contributed by atoms with Crippen LogP contribution in [-0.4, -0.2) is 24.4 Å². The van der Waals surface area contributed by atoms with E-state index in [0.717, 1.165) is 15.3 Å². The average molecular weight is 391 g/mol. The Kier molecular flexibility index (Phi) is 6.49. The average Bonchev–Trinajstić information content (AvgIpc) is 3.21. The molecule has 1 N–H and O–H groups in total. The summed E-state index contributed by atoms with van der Waals surface area (Å²) in [6, 6.07) is 22.1. The summed E-state index contributed by atoms with van der Waals surface area (Å²) < 4.78 is 4.87. The van der Waals surface area contributed by atoms with E-state index in [4.69, 9.17) is 4.74 Å². The molecular weight excluding hydrogens is 374 g/mol. The van der Waals surface area contributed by atoms with E-state index in [1.165, 1.54) is 17.4 Å². The van der Waals surface area contributed by atoms with Gasteiger partial charge in [-0.05, 0) is 35.9 Å². The van der Waals surface area contributed by atoms with Gasteiger partial charge in [-0.2, -0.15) is 0 Å². The van der Waals surface area contributed by atoms with E-state index in [2.05, 4.69) is 5.32 Å². The molecule has 3 rings (SSSR count). The molecule has 3 aromatic rings. The van der Waals surface area contributed by atoms with Crippen LogP contribution in [0.25, 0.3) is 16.5 Å². The fourth-order valence-electron chi connectivity index (χ4n) is 2.36. The first-order valence-electron chi connectivity index (χ1n) is 8.51. The number of rotatable bonds is 6. The van der Waals surface area contributed by atoms with Crippen molar-refractivity contribution in [1.82, 2.24) is 5.32 Å². The van der Waals surface area contributed by atoms with Crippen molar-refractivity contribution in [2.75, 3.05) is 6.61 Å². The number of esters is 1. The lowest BCUT2D eigenvalue weighted by molar-refractivity contribution is -0.143. The standard InChI is InChI=1S/C22H17NO4S/c24-20(23-22(26)17-9-5-2-6-10-17)15-27-21(25)14-12-18-11-13-19(28-18)16-7-3-1-4-8-16/h1-14H,15H2,(H,23,24,26)/b14-12+. The van der Waals surface area contributed by atoms with Crippen molar-refractivity contribution < 1.29 is 19.1 Å². The van der Waals surface area contributed by atoms with Gasteiger partial charge in [0.2, 0.25) is 0 Å².